The number of piperazine rings is 1. The minimum atomic E-state index is 0.466. The topological polar surface area (TPSA) is 145 Å². The molecule has 1 aliphatic heterocycles. The smallest absolute Gasteiger partial charge is 0.229 e. The number of rotatable bonds is 7. The molecule has 1 aliphatic rings. The molecule has 12 heteroatoms. The van der Waals surface area contributed by atoms with Crippen molar-refractivity contribution in [3.05, 3.63) is 72.7 Å². The van der Waals surface area contributed by atoms with Crippen LogP contribution in [0.2, 0.25) is 0 Å². The maximum atomic E-state index is 4.68. The predicted octanol–water partition coefficient (Wildman–Crippen LogP) is 3.32. The Labute approximate surface area is 219 Å². The average molecular weight is 507 g/mol. The van der Waals surface area contributed by atoms with E-state index in [0.717, 1.165) is 37.6 Å². The van der Waals surface area contributed by atoms with E-state index in [4.69, 9.17) is 0 Å². The van der Waals surface area contributed by atoms with E-state index in [9.17, 15) is 0 Å². The summed E-state index contributed by atoms with van der Waals surface area (Å²) in [5, 5.41) is 20.6. The molecule has 6 rings (SSSR count). The van der Waals surface area contributed by atoms with Gasteiger partial charge in [0.25, 0.3) is 0 Å². The van der Waals surface area contributed by atoms with Gasteiger partial charge in [0.2, 0.25) is 5.95 Å². The lowest BCUT2D eigenvalue weighted by Gasteiger charge is -2.29. The van der Waals surface area contributed by atoms with Crippen molar-refractivity contribution < 1.29 is 0 Å². The molecule has 0 radical (unpaired) electrons. The molecule has 0 amide bonds. The predicted molar refractivity (Wildman–Crippen MR) is 145 cm³/mol. The Morgan fingerprint density at radius 3 is 2.47 bits per heavy atom. The Bertz CT molecular complexity index is 1510. The van der Waals surface area contributed by atoms with Crippen molar-refractivity contribution >= 4 is 29.0 Å². The third-order valence-electron chi connectivity index (χ3n) is 6.04. The van der Waals surface area contributed by atoms with E-state index in [1.165, 1.54) is 5.69 Å². The quantitative estimate of drug-likeness (QED) is 0.258. The van der Waals surface area contributed by atoms with Gasteiger partial charge in [0.15, 0.2) is 5.82 Å². The fraction of sp³-hybridized carbons (Fsp3) is 0.192. The molecule has 1 saturated heterocycles. The first-order valence-electron chi connectivity index (χ1n) is 12.3. The third-order valence-corrected chi connectivity index (χ3v) is 6.04. The van der Waals surface area contributed by atoms with E-state index in [0.29, 0.717) is 40.5 Å². The maximum absolute atomic E-state index is 4.68. The summed E-state index contributed by atoms with van der Waals surface area (Å²) in [6.07, 6.45) is 3.37. The first-order chi connectivity index (χ1) is 18.7. The number of H-pyrrole nitrogens is 1. The lowest BCUT2D eigenvalue weighted by Crippen LogP contribution is -2.43. The molecule has 0 bridgehead atoms. The van der Waals surface area contributed by atoms with Crippen LogP contribution >= 0.6 is 0 Å². The number of hydrogen-bond acceptors (Lipinski definition) is 11. The van der Waals surface area contributed by atoms with Gasteiger partial charge in [0.05, 0.1) is 11.9 Å². The summed E-state index contributed by atoms with van der Waals surface area (Å²) in [7, 11) is 0. The monoisotopic (exact) mass is 506 g/mol. The van der Waals surface area contributed by atoms with Gasteiger partial charge >= 0.3 is 0 Å². The van der Waals surface area contributed by atoms with Crippen LogP contribution in [0.25, 0.3) is 22.9 Å². The zero-order valence-corrected chi connectivity index (χ0v) is 20.8. The van der Waals surface area contributed by atoms with Crippen LogP contribution in [0.4, 0.5) is 29.0 Å². The van der Waals surface area contributed by atoms with Crippen molar-refractivity contribution in [3.63, 3.8) is 0 Å². The SMILES string of the molecule is Cc1cccc(-c2nc(Nc3ccnc(Nc4ccc(N5CCNCC5)cc4)n3)cc(-c3c[nH]nn3)n2)n1. The van der Waals surface area contributed by atoms with E-state index < -0.39 is 0 Å². The van der Waals surface area contributed by atoms with Crippen molar-refractivity contribution in [2.75, 3.05) is 41.7 Å². The Balaban J connectivity index is 1.23. The van der Waals surface area contributed by atoms with E-state index in [-0.39, 0.29) is 0 Å². The molecule has 5 aromatic rings. The Morgan fingerprint density at radius 2 is 1.68 bits per heavy atom. The number of hydrogen-bond donors (Lipinski definition) is 4. The minimum Gasteiger partial charge on any atom is -0.369 e. The summed E-state index contributed by atoms with van der Waals surface area (Å²) in [5.41, 5.74) is 4.85. The van der Waals surface area contributed by atoms with Crippen LogP contribution in [0.3, 0.4) is 0 Å². The van der Waals surface area contributed by atoms with Crippen LogP contribution in [0.15, 0.2) is 67.0 Å². The summed E-state index contributed by atoms with van der Waals surface area (Å²) < 4.78 is 0. The second-order valence-electron chi connectivity index (χ2n) is 8.78. The lowest BCUT2D eigenvalue weighted by atomic mass is 10.2. The number of benzene rings is 1. The average Bonchev–Trinajstić information content (AvgIpc) is 3.50. The van der Waals surface area contributed by atoms with E-state index in [1.54, 1.807) is 24.5 Å². The summed E-state index contributed by atoms with van der Waals surface area (Å²) in [4.78, 5) is 25.3. The fourth-order valence-corrected chi connectivity index (χ4v) is 4.18. The molecule has 0 aliphatic carbocycles. The number of aromatic amines is 1. The highest BCUT2D eigenvalue weighted by atomic mass is 15.3. The third kappa shape index (κ3) is 5.39. The van der Waals surface area contributed by atoms with Crippen LogP contribution in [-0.4, -0.2) is 66.5 Å². The lowest BCUT2D eigenvalue weighted by molar-refractivity contribution is 0.589. The Kier molecular flexibility index (Phi) is 6.51. The van der Waals surface area contributed by atoms with Crippen LogP contribution in [0, 0.1) is 6.92 Å². The van der Waals surface area contributed by atoms with E-state index >= 15 is 0 Å². The maximum Gasteiger partial charge on any atom is 0.229 e. The summed E-state index contributed by atoms with van der Waals surface area (Å²) >= 11 is 0. The van der Waals surface area contributed by atoms with Gasteiger partial charge in [-0.2, -0.15) is 4.98 Å². The number of pyridine rings is 1. The second-order valence-corrected chi connectivity index (χ2v) is 8.78. The van der Waals surface area contributed by atoms with Crippen LogP contribution < -0.4 is 20.9 Å². The van der Waals surface area contributed by atoms with Crippen molar-refractivity contribution in [3.8, 4) is 22.9 Å². The van der Waals surface area contributed by atoms with Gasteiger partial charge in [-0.05, 0) is 49.4 Å². The van der Waals surface area contributed by atoms with Gasteiger partial charge in [-0.3, -0.25) is 5.10 Å². The zero-order valence-electron chi connectivity index (χ0n) is 20.8. The number of nitrogens with one attached hydrogen (secondary N) is 4. The van der Waals surface area contributed by atoms with Crippen molar-refractivity contribution in [1.82, 2.24) is 45.6 Å². The summed E-state index contributed by atoms with van der Waals surface area (Å²) in [6, 6.07) is 17.6. The van der Waals surface area contributed by atoms with Crippen LogP contribution in [0.5, 0.6) is 0 Å². The van der Waals surface area contributed by atoms with Crippen molar-refractivity contribution in [2.24, 2.45) is 0 Å². The molecule has 0 unspecified atom stereocenters. The van der Waals surface area contributed by atoms with Gasteiger partial charge in [-0.1, -0.05) is 11.3 Å². The molecule has 0 spiro atoms. The standard InChI is InChI=1S/C26H26N12/c1-17-3-2-4-20(30-17)25-32-21(22-16-29-37-36-22)15-24(34-25)33-23-9-10-28-26(35-23)31-18-5-7-19(8-6-18)38-13-11-27-12-14-38/h2-10,15-16,27H,11-14H2,1H3,(H,29,36,37)(H2,28,31,32,33,34,35). The first kappa shape index (κ1) is 23.4. The largest absolute Gasteiger partial charge is 0.369 e. The number of aromatic nitrogens is 8. The van der Waals surface area contributed by atoms with Crippen LogP contribution in [0.1, 0.15) is 5.69 Å². The van der Waals surface area contributed by atoms with Gasteiger partial charge in [0.1, 0.15) is 23.0 Å². The molecule has 0 saturated carbocycles. The van der Waals surface area contributed by atoms with Gasteiger partial charge in [-0.15, -0.1) is 5.10 Å². The highest BCUT2D eigenvalue weighted by Gasteiger charge is 2.13. The Hall–Kier alpha value is -4.97. The molecule has 1 fully saturated rings. The molecule has 12 nitrogen and oxygen atoms in total. The summed E-state index contributed by atoms with van der Waals surface area (Å²) in [6.45, 7) is 5.95. The molecule has 5 heterocycles. The van der Waals surface area contributed by atoms with Gasteiger partial charge in [-0.25, -0.2) is 19.9 Å². The number of anilines is 5. The molecule has 190 valence electrons. The molecule has 38 heavy (non-hydrogen) atoms. The van der Waals surface area contributed by atoms with Gasteiger partial charge < -0.3 is 20.9 Å². The molecule has 1 aromatic carbocycles. The van der Waals surface area contributed by atoms with Gasteiger partial charge in [0, 0.05) is 55.5 Å². The first-order valence-corrected chi connectivity index (χ1v) is 12.3. The van der Waals surface area contributed by atoms with Crippen LogP contribution in [-0.2, 0) is 0 Å². The molecule has 4 aromatic heterocycles. The van der Waals surface area contributed by atoms with E-state index in [1.807, 2.05) is 37.3 Å². The van der Waals surface area contributed by atoms with Crippen molar-refractivity contribution in [1.29, 1.82) is 0 Å². The highest BCUT2D eigenvalue weighted by molar-refractivity contribution is 5.66. The Morgan fingerprint density at radius 1 is 0.816 bits per heavy atom. The minimum absolute atomic E-state index is 0.466. The van der Waals surface area contributed by atoms with Crippen molar-refractivity contribution in [2.45, 2.75) is 6.92 Å². The number of aryl methyl sites for hydroxylation is 1. The molecular weight excluding hydrogens is 480 g/mol. The van der Waals surface area contributed by atoms with E-state index in [2.05, 4.69) is 73.3 Å². The molecule has 0 atom stereocenters. The molecular formula is C26H26N12. The summed E-state index contributed by atoms with van der Waals surface area (Å²) in [5.74, 6) is 2.05. The fourth-order valence-electron chi connectivity index (χ4n) is 4.18. The number of nitrogens with zero attached hydrogens (tertiary/aromatic N) is 8. The normalized spacial score (nSPS) is 13.3. The highest BCUT2D eigenvalue weighted by Crippen LogP contribution is 2.25. The molecule has 4 N–H and O–H groups in total. The second kappa shape index (κ2) is 10.6. The zero-order chi connectivity index (χ0) is 25.7.